The van der Waals surface area contributed by atoms with Gasteiger partial charge in [0.2, 0.25) is 0 Å². The minimum Gasteiger partial charge on any atom is -0.399 e. The summed E-state index contributed by atoms with van der Waals surface area (Å²) >= 11 is 0. The van der Waals surface area contributed by atoms with Crippen LogP contribution in [0.5, 0.6) is 0 Å². The average Bonchev–Trinajstić information content (AvgIpc) is 2.04. The smallest absolute Gasteiger partial charge is 0.0722 e. The zero-order valence-electron chi connectivity index (χ0n) is 5.99. The van der Waals surface area contributed by atoms with Gasteiger partial charge in [-0.1, -0.05) is 12.1 Å². The molecule has 2 rings (SSSR count). The Morgan fingerprint density at radius 2 is 2.09 bits per heavy atom. The number of nitrogens with zero attached hydrogens (tertiary/aromatic N) is 1. The Labute approximate surface area is 64.7 Å². The minimum absolute atomic E-state index is 0.760. The molecule has 0 saturated carbocycles. The highest BCUT2D eigenvalue weighted by Crippen LogP contribution is 2.13. The van der Waals surface area contributed by atoms with Crippen molar-refractivity contribution in [2.45, 2.75) is 0 Å². The first-order valence-corrected chi connectivity index (χ1v) is 3.46. The SMILES string of the molecule is Nc1ccc2cccnc2c1. The van der Waals surface area contributed by atoms with Crippen LogP contribution in [0.15, 0.2) is 36.5 Å². The summed E-state index contributed by atoms with van der Waals surface area (Å²) in [5.74, 6) is 0. The number of pyridine rings is 1. The summed E-state index contributed by atoms with van der Waals surface area (Å²) in [6, 6.07) is 9.65. The van der Waals surface area contributed by atoms with Crippen molar-refractivity contribution >= 4 is 16.6 Å². The summed E-state index contributed by atoms with van der Waals surface area (Å²) < 4.78 is 0. The maximum absolute atomic E-state index is 5.58. The molecule has 0 radical (unpaired) electrons. The molecule has 0 atom stereocenters. The summed E-state index contributed by atoms with van der Waals surface area (Å²) in [5.41, 5.74) is 7.30. The van der Waals surface area contributed by atoms with Gasteiger partial charge in [-0.25, -0.2) is 0 Å². The molecule has 0 amide bonds. The zero-order chi connectivity index (χ0) is 7.68. The summed E-state index contributed by atoms with van der Waals surface area (Å²) in [5, 5.41) is 1.13. The van der Waals surface area contributed by atoms with E-state index in [4.69, 9.17) is 5.73 Å². The number of anilines is 1. The topological polar surface area (TPSA) is 38.9 Å². The Hall–Kier alpha value is -1.57. The summed E-state index contributed by atoms with van der Waals surface area (Å²) in [6.07, 6.45) is 1.77. The Bertz CT molecular complexity index is 382. The number of benzene rings is 1. The van der Waals surface area contributed by atoms with E-state index < -0.39 is 0 Å². The average molecular weight is 144 g/mol. The maximum Gasteiger partial charge on any atom is 0.0722 e. The van der Waals surface area contributed by atoms with Gasteiger partial charge < -0.3 is 5.73 Å². The number of nitrogens with two attached hydrogens (primary N) is 1. The van der Waals surface area contributed by atoms with E-state index in [1.807, 2.05) is 30.3 Å². The molecular weight excluding hydrogens is 136 g/mol. The first-order chi connectivity index (χ1) is 5.36. The van der Waals surface area contributed by atoms with Gasteiger partial charge in [0.1, 0.15) is 0 Å². The van der Waals surface area contributed by atoms with Crippen molar-refractivity contribution in [2.75, 3.05) is 5.73 Å². The third-order valence-electron chi connectivity index (χ3n) is 1.63. The highest BCUT2D eigenvalue weighted by atomic mass is 14.7. The van der Waals surface area contributed by atoms with Crippen LogP contribution in [-0.4, -0.2) is 4.98 Å². The van der Waals surface area contributed by atoms with Crippen molar-refractivity contribution in [3.05, 3.63) is 36.5 Å². The van der Waals surface area contributed by atoms with Crippen LogP contribution < -0.4 is 5.73 Å². The second kappa shape index (κ2) is 2.23. The van der Waals surface area contributed by atoms with Crippen molar-refractivity contribution in [2.24, 2.45) is 0 Å². The van der Waals surface area contributed by atoms with Gasteiger partial charge in [-0.3, -0.25) is 4.98 Å². The number of aromatic nitrogens is 1. The highest BCUT2D eigenvalue weighted by molar-refractivity contribution is 5.81. The lowest BCUT2D eigenvalue weighted by atomic mass is 10.2. The quantitative estimate of drug-likeness (QED) is 0.573. The van der Waals surface area contributed by atoms with Gasteiger partial charge in [0.05, 0.1) is 5.52 Å². The molecule has 0 aliphatic heterocycles. The van der Waals surface area contributed by atoms with Crippen molar-refractivity contribution in [3.8, 4) is 0 Å². The fourth-order valence-electron chi connectivity index (χ4n) is 1.08. The van der Waals surface area contributed by atoms with Crippen molar-refractivity contribution in [3.63, 3.8) is 0 Å². The van der Waals surface area contributed by atoms with Gasteiger partial charge in [-0.15, -0.1) is 0 Å². The van der Waals surface area contributed by atoms with Gasteiger partial charge in [0.25, 0.3) is 0 Å². The monoisotopic (exact) mass is 144 g/mol. The molecule has 2 nitrogen and oxygen atoms in total. The van der Waals surface area contributed by atoms with Gasteiger partial charge >= 0.3 is 0 Å². The van der Waals surface area contributed by atoms with Gasteiger partial charge in [0.15, 0.2) is 0 Å². The predicted octanol–water partition coefficient (Wildman–Crippen LogP) is 1.82. The first-order valence-electron chi connectivity index (χ1n) is 3.46. The number of hydrogen-bond acceptors (Lipinski definition) is 2. The van der Waals surface area contributed by atoms with E-state index in [0.717, 1.165) is 16.6 Å². The van der Waals surface area contributed by atoms with E-state index in [1.54, 1.807) is 6.20 Å². The van der Waals surface area contributed by atoms with Crippen molar-refractivity contribution in [1.82, 2.24) is 4.98 Å². The molecule has 1 aromatic carbocycles. The summed E-state index contributed by atoms with van der Waals surface area (Å²) in [6.45, 7) is 0. The number of rotatable bonds is 0. The Morgan fingerprint density at radius 1 is 1.18 bits per heavy atom. The van der Waals surface area contributed by atoms with Crippen LogP contribution in [0.1, 0.15) is 0 Å². The lowest BCUT2D eigenvalue weighted by Gasteiger charge is -1.95. The fourth-order valence-corrected chi connectivity index (χ4v) is 1.08. The Balaban J connectivity index is 2.83. The van der Waals surface area contributed by atoms with E-state index in [9.17, 15) is 0 Å². The fraction of sp³-hybridized carbons (Fsp3) is 0. The molecular formula is C9H8N2. The van der Waals surface area contributed by atoms with Gasteiger partial charge in [0, 0.05) is 17.3 Å². The molecule has 2 heteroatoms. The molecule has 0 saturated heterocycles. The van der Waals surface area contributed by atoms with E-state index in [1.165, 1.54) is 0 Å². The van der Waals surface area contributed by atoms with Gasteiger partial charge in [-0.2, -0.15) is 0 Å². The summed E-state index contributed by atoms with van der Waals surface area (Å²) in [4.78, 5) is 4.16. The first kappa shape index (κ1) is 6.16. The molecule has 54 valence electrons. The van der Waals surface area contributed by atoms with Gasteiger partial charge in [-0.05, 0) is 18.2 Å². The summed E-state index contributed by atoms with van der Waals surface area (Å²) in [7, 11) is 0. The van der Waals surface area contributed by atoms with E-state index in [-0.39, 0.29) is 0 Å². The highest BCUT2D eigenvalue weighted by Gasteiger charge is 1.91. The van der Waals surface area contributed by atoms with Crippen LogP contribution in [0, 0.1) is 0 Å². The van der Waals surface area contributed by atoms with E-state index in [0.29, 0.717) is 0 Å². The number of hydrogen-bond donors (Lipinski definition) is 1. The zero-order valence-corrected chi connectivity index (χ0v) is 5.99. The normalized spacial score (nSPS) is 10.2. The Kier molecular flexibility index (Phi) is 1.25. The standard InChI is InChI=1S/C9H8N2/c10-8-4-3-7-2-1-5-11-9(7)6-8/h1-6H,10H2. The van der Waals surface area contributed by atoms with Crippen LogP contribution in [0.3, 0.4) is 0 Å². The molecule has 0 aliphatic rings. The molecule has 0 bridgehead atoms. The van der Waals surface area contributed by atoms with E-state index >= 15 is 0 Å². The third-order valence-corrected chi connectivity index (χ3v) is 1.63. The van der Waals surface area contributed by atoms with Crippen molar-refractivity contribution < 1.29 is 0 Å². The number of nitrogen functional groups attached to an aromatic ring is 1. The molecule has 0 spiro atoms. The second-order valence-corrected chi connectivity index (χ2v) is 2.46. The van der Waals surface area contributed by atoms with Crippen LogP contribution in [-0.2, 0) is 0 Å². The van der Waals surface area contributed by atoms with Crippen LogP contribution in [0.25, 0.3) is 10.9 Å². The molecule has 2 N–H and O–H groups in total. The number of fused-ring (bicyclic) bond motifs is 1. The Morgan fingerprint density at radius 3 is 3.00 bits per heavy atom. The molecule has 2 aromatic rings. The second-order valence-electron chi connectivity index (χ2n) is 2.46. The largest absolute Gasteiger partial charge is 0.399 e. The van der Waals surface area contributed by atoms with Crippen LogP contribution in [0.4, 0.5) is 5.69 Å². The minimum atomic E-state index is 0.760. The third kappa shape index (κ3) is 1.03. The van der Waals surface area contributed by atoms with Crippen molar-refractivity contribution in [1.29, 1.82) is 0 Å². The lowest BCUT2D eigenvalue weighted by Crippen LogP contribution is -1.84. The molecule has 11 heavy (non-hydrogen) atoms. The molecule has 1 aromatic heterocycles. The van der Waals surface area contributed by atoms with Crippen LogP contribution in [0.2, 0.25) is 0 Å². The molecule has 0 aliphatic carbocycles. The molecule has 0 fully saturated rings. The molecule has 0 unspecified atom stereocenters. The maximum atomic E-state index is 5.58. The molecule has 1 heterocycles. The predicted molar refractivity (Wildman–Crippen MR) is 46.2 cm³/mol. The van der Waals surface area contributed by atoms with E-state index in [2.05, 4.69) is 4.98 Å². The van der Waals surface area contributed by atoms with Crippen LogP contribution >= 0.6 is 0 Å². The lowest BCUT2D eigenvalue weighted by molar-refractivity contribution is 1.41.